The van der Waals surface area contributed by atoms with Crippen LogP contribution < -0.4 is 19.5 Å². The van der Waals surface area contributed by atoms with Crippen molar-refractivity contribution < 1.29 is 22.7 Å². The summed E-state index contributed by atoms with van der Waals surface area (Å²) < 4.78 is 39.9. The van der Waals surface area contributed by atoms with Gasteiger partial charge in [-0.2, -0.15) is 5.10 Å². The number of hydrogen-bond acceptors (Lipinski definition) is 6. The van der Waals surface area contributed by atoms with Gasteiger partial charge in [0.05, 0.1) is 30.5 Å². The SMILES string of the molecule is COc1ccc(S(=O)(=O)Nc2ccc(-n3nc(C)cc3NC(C)=O)cc2)cc1OC. The molecule has 3 aromatic rings. The minimum absolute atomic E-state index is 0.0415. The van der Waals surface area contributed by atoms with Gasteiger partial charge in [-0.15, -0.1) is 0 Å². The van der Waals surface area contributed by atoms with Gasteiger partial charge in [0.25, 0.3) is 10.0 Å². The average Bonchev–Trinajstić information content (AvgIpc) is 3.07. The normalized spacial score (nSPS) is 11.1. The molecule has 0 radical (unpaired) electrons. The minimum atomic E-state index is -3.83. The van der Waals surface area contributed by atoms with Crippen molar-refractivity contribution in [2.75, 3.05) is 24.3 Å². The van der Waals surface area contributed by atoms with Gasteiger partial charge in [0.2, 0.25) is 5.91 Å². The van der Waals surface area contributed by atoms with E-state index in [4.69, 9.17) is 9.47 Å². The van der Waals surface area contributed by atoms with Gasteiger partial charge in [-0.05, 0) is 43.3 Å². The Morgan fingerprint density at radius 1 is 1.00 bits per heavy atom. The third kappa shape index (κ3) is 4.54. The molecular weight excluding hydrogens is 408 g/mol. The van der Waals surface area contributed by atoms with E-state index in [0.29, 0.717) is 28.7 Å². The van der Waals surface area contributed by atoms with Gasteiger partial charge in [0.1, 0.15) is 5.82 Å². The summed E-state index contributed by atoms with van der Waals surface area (Å²) in [4.78, 5) is 11.4. The number of nitrogens with one attached hydrogen (secondary N) is 2. The topological polar surface area (TPSA) is 112 Å². The molecule has 2 aromatic carbocycles. The van der Waals surface area contributed by atoms with Gasteiger partial charge in [-0.25, -0.2) is 13.1 Å². The van der Waals surface area contributed by atoms with Crippen molar-refractivity contribution in [2.24, 2.45) is 0 Å². The van der Waals surface area contributed by atoms with Gasteiger partial charge in [-0.3, -0.25) is 9.52 Å². The summed E-state index contributed by atoms with van der Waals surface area (Å²) in [7, 11) is -0.920. The fourth-order valence-corrected chi connectivity index (χ4v) is 3.91. The molecule has 0 spiro atoms. The van der Waals surface area contributed by atoms with Crippen LogP contribution in [0, 0.1) is 6.92 Å². The van der Waals surface area contributed by atoms with Crippen LogP contribution in [0.15, 0.2) is 53.4 Å². The van der Waals surface area contributed by atoms with Crippen LogP contribution in [0.2, 0.25) is 0 Å². The number of ether oxygens (including phenoxy) is 2. The lowest BCUT2D eigenvalue weighted by molar-refractivity contribution is -0.114. The molecule has 0 aliphatic carbocycles. The molecule has 3 rings (SSSR count). The minimum Gasteiger partial charge on any atom is -0.493 e. The van der Waals surface area contributed by atoms with Gasteiger partial charge >= 0.3 is 0 Å². The first-order valence-electron chi connectivity index (χ1n) is 8.93. The summed E-state index contributed by atoms with van der Waals surface area (Å²) in [6.45, 7) is 3.23. The molecule has 0 saturated carbocycles. The molecule has 0 bridgehead atoms. The summed E-state index contributed by atoms with van der Waals surface area (Å²) in [6, 6.07) is 12.7. The number of sulfonamides is 1. The number of carbonyl (C=O) groups excluding carboxylic acids is 1. The summed E-state index contributed by atoms with van der Waals surface area (Å²) in [5, 5.41) is 7.07. The first kappa shape index (κ1) is 21.2. The number of nitrogens with zero attached hydrogens (tertiary/aromatic N) is 2. The number of hydrogen-bond donors (Lipinski definition) is 2. The van der Waals surface area contributed by atoms with Crippen molar-refractivity contribution >= 4 is 27.4 Å². The molecule has 1 amide bonds. The molecule has 1 heterocycles. The number of anilines is 2. The predicted molar refractivity (Wildman–Crippen MR) is 113 cm³/mol. The lowest BCUT2D eigenvalue weighted by Gasteiger charge is -2.12. The Hall–Kier alpha value is -3.53. The van der Waals surface area contributed by atoms with Crippen LogP contribution in [0.1, 0.15) is 12.6 Å². The standard InChI is InChI=1S/C20H22N4O5S/c1-13-11-20(21-14(2)25)24(22-13)16-7-5-15(6-8-16)23-30(26,27)17-9-10-18(28-3)19(12-17)29-4/h5-12,23H,1-4H3,(H,21,25). The molecule has 2 N–H and O–H groups in total. The first-order chi connectivity index (χ1) is 14.2. The van der Waals surface area contributed by atoms with E-state index in [9.17, 15) is 13.2 Å². The van der Waals surface area contributed by atoms with Crippen molar-refractivity contribution in [3.05, 3.63) is 54.2 Å². The van der Waals surface area contributed by atoms with Gasteiger partial charge in [0, 0.05) is 24.7 Å². The van der Waals surface area contributed by atoms with Crippen LogP contribution in [0.25, 0.3) is 5.69 Å². The number of aryl methyl sites for hydroxylation is 1. The number of methoxy groups -OCH3 is 2. The van der Waals surface area contributed by atoms with Gasteiger partial charge in [0.15, 0.2) is 11.5 Å². The maximum atomic E-state index is 12.7. The molecule has 0 saturated heterocycles. The van der Waals surface area contributed by atoms with E-state index in [-0.39, 0.29) is 10.8 Å². The Bertz CT molecular complexity index is 1170. The lowest BCUT2D eigenvalue weighted by atomic mass is 10.3. The molecule has 0 atom stereocenters. The van der Waals surface area contributed by atoms with Crippen molar-refractivity contribution in [3.63, 3.8) is 0 Å². The molecule has 0 unspecified atom stereocenters. The van der Waals surface area contributed by atoms with E-state index in [0.717, 1.165) is 5.69 Å². The molecule has 1 aromatic heterocycles. The number of carbonyl (C=O) groups is 1. The molecule has 158 valence electrons. The Kier molecular flexibility index (Phi) is 5.97. The second-order valence-corrected chi connectivity index (χ2v) is 8.12. The highest BCUT2D eigenvalue weighted by atomic mass is 32.2. The molecule has 9 nitrogen and oxygen atoms in total. The third-order valence-corrected chi connectivity index (χ3v) is 5.54. The van der Waals surface area contributed by atoms with Crippen molar-refractivity contribution in [1.82, 2.24) is 9.78 Å². The zero-order chi connectivity index (χ0) is 21.9. The predicted octanol–water partition coefficient (Wildman–Crippen LogP) is 2.96. The fourth-order valence-electron chi connectivity index (χ4n) is 2.83. The quantitative estimate of drug-likeness (QED) is 0.596. The highest BCUT2D eigenvalue weighted by molar-refractivity contribution is 7.92. The third-order valence-electron chi connectivity index (χ3n) is 4.17. The Morgan fingerprint density at radius 2 is 1.67 bits per heavy atom. The van der Waals surface area contributed by atoms with Crippen LogP contribution in [0.5, 0.6) is 11.5 Å². The molecule has 30 heavy (non-hydrogen) atoms. The average molecular weight is 430 g/mol. The maximum Gasteiger partial charge on any atom is 0.262 e. The summed E-state index contributed by atoms with van der Waals surface area (Å²) in [5.41, 5.74) is 1.77. The van der Waals surface area contributed by atoms with E-state index in [1.165, 1.54) is 39.3 Å². The van der Waals surface area contributed by atoms with Crippen LogP contribution in [0.4, 0.5) is 11.5 Å². The maximum absolute atomic E-state index is 12.7. The summed E-state index contributed by atoms with van der Waals surface area (Å²) in [5.74, 6) is 1.06. The van der Waals surface area contributed by atoms with E-state index < -0.39 is 10.0 Å². The van der Waals surface area contributed by atoms with Crippen molar-refractivity contribution in [2.45, 2.75) is 18.7 Å². The monoisotopic (exact) mass is 430 g/mol. The van der Waals surface area contributed by atoms with Gasteiger partial charge in [-0.1, -0.05) is 0 Å². The number of aromatic nitrogens is 2. The van der Waals surface area contributed by atoms with Crippen LogP contribution in [0.3, 0.4) is 0 Å². The fraction of sp³-hybridized carbons (Fsp3) is 0.200. The Balaban J connectivity index is 1.85. The summed E-state index contributed by atoms with van der Waals surface area (Å²) >= 11 is 0. The Morgan fingerprint density at radius 3 is 2.27 bits per heavy atom. The van der Waals surface area contributed by atoms with Crippen LogP contribution in [-0.2, 0) is 14.8 Å². The van der Waals surface area contributed by atoms with Crippen molar-refractivity contribution in [3.8, 4) is 17.2 Å². The first-order valence-corrected chi connectivity index (χ1v) is 10.4. The zero-order valence-electron chi connectivity index (χ0n) is 17.0. The van der Waals surface area contributed by atoms with Crippen LogP contribution in [-0.4, -0.2) is 38.3 Å². The summed E-state index contributed by atoms with van der Waals surface area (Å²) in [6.07, 6.45) is 0. The molecular formula is C20H22N4O5S. The largest absolute Gasteiger partial charge is 0.493 e. The second kappa shape index (κ2) is 8.46. The van der Waals surface area contributed by atoms with E-state index in [2.05, 4.69) is 15.1 Å². The molecule has 0 aliphatic heterocycles. The molecule has 0 aliphatic rings. The Labute approximate surface area is 174 Å². The highest BCUT2D eigenvalue weighted by Crippen LogP contribution is 2.30. The van der Waals surface area contributed by atoms with E-state index in [1.54, 1.807) is 35.0 Å². The van der Waals surface area contributed by atoms with E-state index in [1.807, 2.05) is 6.92 Å². The smallest absolute Gasteiger partial charge is 0.262 e. The lowest BCUT2D eigenvalue weighted by Crippen LogP contribution is -2.13. The van der Waals surface area contributed by atoms with Crippen molar-refractivity contribution in [1.29, 1.82) is 0 Å². The number of benzene rings is 2. The molecule has 10 heteroatoms. The second-order valence-electron chi connectivity index (χ2n) is 6.43. The molecule has 0 fully saturated rings. The highest BCUT2D eigenvalue weighted by Gasteiger charge is 2.17. The number of amides is 1. The van der Waals surface area contributed by atoms with E-state index >= 15 is 0 Å². The number of rotatable bonds is 7. The zero-order valence-corrected chi connectivity index (χ0v) is 17.8. The van der Waals surface area contributed by atoms with Crippen LogP contribution >= 0.6 is 0 Å². The van der Waals surface area contributed by atoms with Gasteiger partial charge < -0.3 is 14.8 Å².